The van der Waals surface area contributed by atoms with Gasteiger partial charge in [-0.1, -0.05) is 19.3 Å². The molecule has 5 heteroatoms. The minimum atomic E-state index is -3.14. The van der Waals surface area contributed by atoms with Gasteiger partial charge in [0, 0.05) is 24.3 Å². The van der Waals surface area contributed by atoms with E-state index in [1.165, 1.54) is 10.7 Å². The summed E-state index contributed by atoms with van der Waals surface area (Å²) in [6.45, 7) is 0. The van der Waals surface area contributed by atoms with Crippen LogP contribution in [0.15, 0.2) is 0 Å². The Kier molecular flexibility index (Phi) is 3.46. The fourth-order valence-electron chi connectivity index (χ4n) is 1.63. The van der Waals surface area contributed by atoms with Crippen LogP contribution in [0.2, 0.25) is 0 Å². The molecule has 0 aromatic rings. The molecule has 1 N–H and O–H groups in total. The summed E-state index contributed by atoms with van der Waals surface area (Å²) in [4.78, 5) is 0. The van der Waals surface area contributed by atoms with Gasteiger partial charge in [0.05, 0.1) is 0 Å². The first-order valence-corrected chi connectivity index (χ1v) is 6.62. The van der Waals surface area contributed by atoms with E-state index in [0.717, 1.165) is 25.7 Å². The van der Waals surface area contributed by atoms with E-state index in [-0.39, 0.29) is 6.04 Å². The molecule has 3 nitrogen and oxygen atoms in total. The summed E-state index contributed by atoms with van der Waals surface area (Å²) >= 11 is 4.50. The van der Waals surface area contributed by atoms with Gasteiger partial charge < -0.3 is 0 Å². The molecule has 0 bridgehead atoms. The number of nitrogens with zero attached hydrogens (tertiary/aromatic N) is 1. The molecule has 1 atom stereocenters. The molecule has 0 spiro atoms. The lowest BCUT2D eigenvalue weighted by atomic mass is 9.96. The Morgan fingerprint density at radius 2 is 1.92 bits per heavy atom. The predicted molar refractivity (Wildman–Crippen MR) is 52.8 cm³/mol. The fraction of sp³-hybridized carbons (Fsp3) is 1.00. The Labute approximate surface area is 78.8 Å². The van der Waals surface area contributed by atoms with Crippen molar-refractivity contribution in [2.24, 2.45) is 0 Å². The SMILES string of the molecule is CN(C1CCCCC1)S(=O)(O)=S. The second-order valence-corrected chi connectivity index (χ2v) is 6.06. The zero-order valence-electron chi connectivity index (χ0n) is 7.23. The van der Waals surface area contributed by atoms with E-state index in [1.54, 1.807) is 7.05 Å². The maximum atomic E-state index is 11.1. The molecule has 1 aliphatic carbocycles. The van der Waals surface area contributed by atoms with Gasteiger partial charge in [-0.05, 0) is 12.8 Å². The highest BCUT2D eigenvalue weighted by molar-refractivity contribution is 8.28. The first-order chi connectivity index (χ1) is 5.52. The maximum Gasteiger partial charge on any atom is 0.209 e. The van der Waals surface area contributed by atoms with Gasteiger partial charge in [-0.15, -0.1) is 0 Å². The minimum Gasteiger partial charge on any atom is -0.294 e. The van der Waals surface area contributed by atoms with Gasteiger partial charge in [0.2, 0.25) is 8.96 Å². The van der Waals surface area contributed by atoms with Crippen LogP contribution in [-0.4, -0.2) is 26.2 Å². The van der Waals surface area contributed by atoms with Crippen LogP contribution in [0, 0.1) is 0 Å². The highest BCUT2D eigenvalue weighted by atomic mass is 32.8. The molecule has 0 radical (unpaired) electrons. The van der Waals surface area contributed by atoms with E-state index < -0.39 is 8.96 Å². The van der Waals surface area contributed by atoms with Crippen molar-refractivity contribution in [3.63, 3.8) is 0 Å². The lowest BCUT2D eigenvalue weighted by Crippen LogP contribution is -2.37. The van der Waals surface area contributed by atoms with E-state index in [4.69, 9.17) is 4.55 Å². The quantitative estimate of drug-likeness (QED) is 0.747. The predicted octanol–water partition coefficient (Wildman–Crippen LogP) is 1.39. The smallest absolute Gasteiger partial charge is 0.209 e. The maximum absolute atomic E-state index is 11.1. The highest BCUT2D eigenvalue weighted by Gasteiger charge is 2.23. The third-order valence-corrected chi connectivity index (χ3v) is 4.18. The molecule has 72 valence electrons. The summed E-state index contributed by atoms with van der Waals surface area (Å²) in [5.41, 5.74) is 0. The van der Waals surface area contributed by atoms with Crippen LogP contribution in [0.5, 0.6) is 0 Å². The molecule has 0 aromatic heterocycles. The molecular formula is C7H15NO2S2. The number of hydrogen-bond acceptors (Lipinski definition) is 2. The largest absolute Gasteiger partial charge is 0.294 e. The molecule has 0 amide bonds. The van der Waals surface area contributed by atoms with E-state index >= 15 is 0 Å². The van der Waals surface area contributed by atoms with E-state index in [9.17, 15) is 4.21 Å². The fourth-order valence-corrected chi connectivity index (χ4v) is 2.59. The van der Waals surface area contributed by atoms with Crippen LogP contribution >= 0.6 is 0 Å². The van der Waals surface area contributed by atoms with Gasteiger partial charge in [-0.3, -0.25) is 4.55 Å². The Hall–Kier alpha value is 0.290. The topological polar surface area (TPSA) is 40.5 Å². The molecule has 1 aliphatic rings. The van der Waals surface area contributed by atoms with Crippen molar-refractivity contribution < 1.29 is 8.76 Å². The zero-order valence-corrected chi connectivity index (χ0v) is 8.87. The minimum absolute atomic E-state index is 0.216. The summed E-state index contributed by atoms with van der Waals surface area (Å²) in [5.74, 6) is 0. The van der Waals surface area contributed by atoms with Gasteiger partial charge in [-0.2, -0.15) is 0 Å². The van der Waals surface area contributed by atoms with Crippen LogP contribution in [-0.2, 0) is 20.1 Å². The molecule has 1 fully saturated rings. The molecule has 0 aliphatic heterocycles. The van der Waals surface area contributed by atoms with E-state index in [1.807, 2.05) is 0 Å². The van der Waals surface area contributed by atoms with Crippen molar-refractivity contribution in [3.05, 3.63) is 0 Å². The first-order valence-electron chi connectivity index (χ1n) is 4.22. The summed E-state index contributed by atoms with van der Waals surface area (Å²) in [5, 5.41) is 0. The zero-order chi connectivity index (χ0) is 9.19. The third kappa shape index (κ3) is 2.65. The monoisotopic (exact) mass is 209 g/mol. The molecule has 0 aromatic carbocycles. The van der Waals surface area contributed by atoms with Crippen molar-refractivity contribution >= 4 is 20.1 Å². The molecule has 1 rings (SSSR count). The average molecular weight is 209 g/mol. The highest BCUT2D eigenvalue weighted by Crippen LogP contribution is 2.22. The second-order valence-electron chi connectivity index (χ2n) is 3.29. The van der Waals surface area contributed by atoms with Gasteiger partial charge in [0.1, 0.15) is 0 Å². The average Bonchev–Trinajstić information content (AvgIpc) is 2.03. The summed E-state index contributed by atoms with van der Waals surface area (Å²) in [7, 11) is -1.49. The Morgan fingerprint density at radius 3 is 2.33 bits per heavy atom. The Balaban J connectivity index is 2.57. The van der Waals surface area contributed by atoms with Crippen molar-refractivity contribution in [1.82, 2.24) is 4.31 Å². The Morgan fingerprint density at radius 1 is 1.42 bits per heavy atom. The van der Waals surface area contributed by atoms with Crippen molar-refractivity contribution in [2.45, 2.75) is 38.1 Å². The summed E-state index contributed by atoms with van der Waals surface area (Å²) in [6.07, 6.45) is 5.56. The van der Waals surface area contributed by atoms with Crippen LogP contribution in [0.3, 0.4) is 0 Å². The standard InChI is InChI=1S/C7H15NO2S2/c1-8(12(9,10)11)7-5-3-2-4-6-7/h7H,2-6H2,1H3,(H,9,10,11). The van der Waals surface area contributed by atoms with Gasteiger partial charge in [0.15, 0.2) is 0 Å². The van der Waals surface area contributed by atoms with Crippen LogP contribution < -0.4 is 0 Å². The van der Waals surface area contributed by atoms with Gasteiger partial charge >= 0.3 is 0 Å². The Bertz CT molecular complexity index is 232. The molecule has 0 heterocycles. The van der Waals surface area contributed by atoms with Crippen LogP contribution in [0.4, 0.5) is 0 Å². The lowest BCUT2D eigenvalue weighted by Gasteiger charge is -2.29. The molecule has 0 saturated heterocycles. The first kappa shape index (κ1) is 10.4. The molecule has 1 unspecified atom stereocenters. The van der Waals surface area contributed by atoms with Crippen LogP contribution in [0.25, 0.3) is 0 Å². The van der Waals surface area contributed by atoms with Crippen LogP contribution in [0.1, 0.15) is 32.1 Å². The van der Waals surface area contributed by atoms with Crippen molar-refractivity contribution in [1.29, 1.82) is 0 Å². The molecular weight excluding hydrogens is 194 g/mol. The van der Waals surface area contributed by atoms with E-state index in [0.29, 0.717) is 0 Å². The molecule has 1 saturated carbocycles. The second kappa shape index (κ2) is 4.00. The third-order valence-electron chi connectivity index (χ3n) is 2.45. The number of hydrogen-bond donors (Lipinski definition) is 1. The van der Waals surface area contributed by atoms with Gasteiger partial charge in [0.25, 0.3) is 0 Å². The number of rotatable bonds is 2. The molecule has 12 heavy (non-hydrogen) atoms. The lowest BCUT2D eigenvalue weighted by molar-refractivity contribution is 0.280. The summed E-state index contributed by atoms with van der Waals surface area (Å²) < 4.78 is 21.6. The summed E-state index contributed by atoms with van der Waals surface area (Å²) in [6, 6.07) is 0.216. The van der Waals surface area contributed by atoms with E-state index in [2.05, 4.69) is 11.2 Å². The normalized spacial score (nSPS) is 25.6. The van der Waals surface area contributed by atoms with Gasteiger partial charge in [-0.25, -0.2) is 8.51 Å². The van der Waals surface area contributed by atoms with Crippen molar-refractivity contribution in [3.8, 4) is 0 Å². The van der Waals surface area contributed by atoms with Crippen molar-refractivity contribution in [2.75, 3.05) is 7.05 Å².